The van der Waals surface area contributed by atoms with Crippen LogP contribution in [0.5, 0.6) is 0 Å². The van der Waals surface area contributed by atoms with Crippen LogP contribution < -0.4 is 5.19 Å². The summed E-state index contributed by atoms with van der Waals surface area (Å²) in [7, 11) is -1.79. The Hall–Kier alpha value is 0.307. The first kappa shape index (κ1) is 10.4. The van der Waals surface area contributed by atoms with E-state index in [1.54, 1.807) is 6.07 Å². The SMILES string of the molecule is C[Si](C)(Cl)c1cc(Cl)cc(Cl)c1. The molecule has 0 aliphatic rings. The molecule has 0 amide bonds. The molecule has 1 aromatic carbocycles. The van der Waals surface area contributed by atoms with Crippen molar-refractivity contribution in [1.82, 2.24) is 0 Å². The maximum Gasteiger partial charge on any atom is 0.180 e. The third-order valence-electron chi connectivity index (χ3n) is 1.55. The van der Waals surface area contributed by atoms with Crippen molar-refractivity contribution in [2.75, 3.05) is 0 Å². The van der Waals surface area contributed by atoms with Crippen molar-refractivity contribution >= 4 is 46.9 Å². The van der Waals surface area contributed by atoms with E-state index in [4.69, 9.17) is 34.3 Å². The summed E-state index contributed by atoms with van der Waals surface area (Å²) in [5.41, 5.74) is 0. The topological polar surface area (TPSA) is 0 Å². The van der Waals surface area contributed by atoms with Crippen molar-refractivity contribution in [3.63, 3.8) is 0 Å². The van der Waals surface area contributed by atoms with Crippen molar-refractivity contribution in [3.8, 4) is 0 Å². The molecule has 0 aliphatic heterocycles. The van der Waals surface area contributed by atoms with Gasteiger partial charge in [-0.15, -0.1) is 0 Å². The number of hydrogen-bond donors (Lipinski definition) is 0. The molecule has 0 aromatic heterocycles. The predicted molar refractivity (Wildman–Crippen MR) is 59.4 cm³/mol. The second kappa shape index (κ2) is 3.58. The van der Waals surface area contributed by atoms with Crippen LogP contribution in [0.3, 0.4) is 0 Å². The van der Waals surface area contributed by atoms with E-state index in [0.717, 1.165) is 5.19 Å². The lowest BCUT2D eigenvalue weighted by Gasteiger charge is -2.13. The van der Waals surface area contributed by atoms with E-state index in [0.29, 0.717) is 10.0 Å². The summed E-state index contributed by atoms with van der Waals surface area (Å²) in [6.45, 7) is 4.08. The van der Waals surface area contributed by atoms with Gasteiger partial charge in [0.1, 0.15) is 0 Å². The van der Waals surface area contributed by atoms with Crippen LogP contribution in [-0.4, -0.2) is 7.38 Å². The van der Waals surface area contributed by atoms with Crippen molar-refractivity contribution < 1.29 is 0 Å². The predicted octanol–water partition coefficient (Wildman–Crippen LogP) is 3.64. The van der Waals surface area contributed by atoms with Gasteiger partial charge >= 0.3 is 0 Å². The summed E-state index contributed by atoms with van der Waals surface area (Å²) in [6, 6.07) is 5.48. The zero-order valence-corrected chi connectivity index (χ0v) is 10.1. The highest BCUT2D eigenvalue weighted by molar-refractivity contribution is 7.26. The third kappa shape index (κ3) is 2.66. The summed E-state index contributed by atoms with van der Waals surface area (Å²) in [5.74, 6) is 0. The van der Waals surface area contributed by atoms with Crippen LogP contribution in [0.25, 0.3) is 0 Å². The lowest BCUT2D eigenvalue weighted by atomic mass is 10.4. The van der Waals surface area contributed by atoms with Crippen molar-refractivity contribution in [1.29, 1.82) is 0 Å². The first-order valence-electron chi connectivity index (χ1n) is 3.55. The van der Waals surface area contributed by atoms with Crippen molar-refractivity contribution in [2.45, 2.75) is 13.1 Å². The average Bonchev–Trinajstić information content (AvgIpc) is 1.82. The van der Waals surface area contributed by atoms with Crippen molar-refractivity contribution in [3.05, 3.63) is 28.2 Å². The molecule has 1 aromatic rings. The molecule has 0 saturated heterocycles. The Labute approximate surface area is 88.2 Å². The number of hydrogen-bond acceptors (Lipinski definition) is 0. The zero-order chi connectivity index (χ0) is 9.35. The smallest absolute Gasteiger partial charge is 0.162 e. The van der Waals surface area contributed by atoms with Crippen LogP contribution in [-0.2, 0) is 0 Å². The van der Waals surface area contributed by atoms with Gasteiger partial charge in [-0.1, -0.05) is 36.3 Å². The zero-order valence-electron chi connectivity index (χ0n) is 6.87. The van der Waals surface area contributed by atoms with Crippen LogP contribution >= 0.6 is 34.3 Å². The molecule has 1 rings (SSSR count). The fraction of sp³-hybridized carbons (Fsp3) is 0.250. The molecule has 0 N–H and O–H groups in total. The summed E-state index contributed by atoms with van der Waals surface area (Å²) in [4.78, 5) is 0. The average molecular weight is 240 g/mol. The Morgan fingerprint density at radius 3 is 1.75 bits per heavy atom. The summed E-state index contributed by atoms with van der Waals surface area (Å²) >= 11 is 17.9. The minimum atomic E-state index is -1.79. The van der Waals surface area contributed by atoms with Gasteiger partial charge in [-0.2, -0.15) is 11.1 Å². The lowest BCUT2D eigenvalue weighted by molar-refractivity contribution is 1.73. The molecule has 0 atom stereocenters. The van der Waals surface area contributed by atoms with Gasteiger partial charge in [0.25, 0.3) is 0 Å². The molecule has 0 aliphatic carbocycles. The van der Waals surface area contributed by atoms with E-state index in [1.165, 1.54) is 0 Å². The molecule has 0 radical (unpaired) electrons. The van der Waals surface area contributed by atoms with E-state index in [9.17, 15) is 0 Å². The molecule has 0 spiro atoms. The van der Waals surface area contributed by atoms with Crippen LogP contribution in [0.15, 0.2) is 18.2 Å². The molecule has 0 bridgehead atoms. The highest BCUT2D eigenvalue weighted by Crippen LogP contribution is 2.18. The van der Waals surface area contributed by atoms with E-state index in [-0.39, 0.29) is 0 Å². The summed E-state index contributed by atoms with van der Waals surface area (Å²) in [5, 5.41) is 2.37. The first-order valence-corrected chi connectivity index (χ1v) is 8.32. The largest absolute Gasteiger partial charge is 0.180 e. The second-order valence-corrected chi connectivity index (χ2v) is 10.4. The molecule has 0 nitrogen and oxygen atoms in total. The quantitative estimate of drug-likeness (QED) is 0.518. The van der Waals surface area contributed by atoms with Gasteiger partial charge in [-0.3, -0.25) is 0 Å². The molecular weight excluding hydrogens is 231 g/mol. The number of halogens is 3. The maximum absolute atomic E-state index is 6.22. The Morgan fingerprint density at radius 2 is 1.42 bits per heavy atom. The summed E-state index contributed by atoms with van der Waals surface area (Å²) in [6.07, 6.45) is 0. The van der Waals surface area contributed by atoms with Gasteiger partial charge in [-0.05, 0) is 23.4 Å². The third-order valence-corrected chi connectivity index (χ3v) is 4.30. The molecular formula is C8H9Cl3Si. The minimum absolute atomic E-state index is 0.652. The number of rotatable bonds is 1. The Morgan fingerprint density at radius 1 is 1.00 bits per heavy atom. The standard InChI is InChI=1S/C8H9Cl3Si/c1-12(2,11)8-4-6(9)3-7(10)5-8/h3-5H,1-2H3. The van der Waals surface area contributed by atoms with Gasteiger partial charge in [0.15, 0.2) is 7.38 Å². The Balaban J connectivity index is 3.18. The Kier molecular flexibility index (Phi) is 3.10. The maximum atomic E-state index is 6.22. The van der Waals surface area contributed by atoms with E-state index in [1.807, 2.05) is 25.2 Å². The van der Waals surface area contributed by atoms with Crippen LogP contribution in [0.4, 0.5) is 0 Å². The summed E-state index contributed by atoms with van der Waals surface area (Å²) < 4.78 is 0. The normalized spacial score (nSPS) is 11.8. The highest BCUT2D eigenvalue weighted by Gasteiger charge is 2.20. The number of benzene rings is 1. The van der Waals surface area contributed by atoms with Gasteiger partial charge in [0, 0.05) is 10.0 Å². The molecule has 0 fully saturated rings. The molecule has 0 unspecified atom stereocenters. The van der Waals surface area contributed by atoms with Gasteiger partial charge in [0.05, 0.1) is 0 Å². The van der Waals surface area contributed by atoms with Crippen LogP contribution in [0, 0.1) is 0 Å². The van der Waals surface area contributed by atoms with Crippen molar-refractivity contribution in [2.24, 2.45) is 0 Å². The molecule has 0 heterocycles. The molecule has 0 saturated carbocycles. The highest BCUT2D eigenvalue weighted by atomic mass is 35.6. The fourth-order valence-corrected chi connectivity index (χ4v) is 2.93. The van der Waals surface area contributed by atoms with E-state index >= 15 is 0 Å². The molecule has 12 heavy (non-hydrogen) atoms. The van der Waals surface area contributed by atoms with Crippen LogP contribution in [0.1, 0.15) is 0 Å². The Bertz CT molecular complexity index is 271. The molecule has 66 valence electrons. The monoisotopic (exact) mass is 238 g/mol. The minimum Gasteiger partial charge on any atom is -0.162 e. The van der Waals surface area contributed by atoms with Gasteiger partial charge in [0.2, 0.25) is 0 Å². The lowest BCUT2D eigenvalue weighted by Crippen LogP contribution is -2.34. The fourth-order valence-electron chi connectivity index (χ4n) is 0.897. The van der Waals surface area contributed by atoms with E-state index in [2.05, 4.69) is 0 Å². The van der Waals surface area contributed by atoms with Gasteiger partial charge < -0.3 is 0 Å². The first-order chi connectivity index (χ1) is 5.39. The molecule has 4 heteroatoms. The van der Waals surface area contributed by atoms with E-state index < -0.39 is 7.38 Å². The van der Waals surface area contributed by atoms with Crippen LogP contribution in [0.2, 0.25) is 23.1 Å². The van der Waals surface area contributed by atoms with Gasteiger partial charge in [-0.25, -0.2) is 0 Å². The second-order valence-electron chi connectivity index (χ2n) is 3.13.